The van der Waals surface area contributed by atoms with E-state index in [2.05, 4.69) is 15.9 Å². The molecule has 2 rings (SSSR count). The van der Waals surface area contributed by atoms with E-state index in [9.17, 15) is 13.5 Å². The lowest BCUT2D eigenvalue weighted by atomic mass is 10.3. The number of halogens is 1. The molecule has 21 heavy (non-hydrogen) atoms. The highest BCUT2D eigenvalue weighted by Crippen LogP contribution is 2.28. The summed E-state index contributed by atoms with van der Waals surface area (Å²) in [5.74, 6) is -0.126. The fourth-order valence-electron chi connectivity index (χ4n) is 1.82. The first-order valence-corrected chi connectivity index (χ1v) is 9.22. The van der Waals surface area contributed by atoms with E-state index in [1.165, 1.54) is 33.8 Å². The van der Waals surface area contributed by atoms with Crippen molar-refractivity contribution in [2.75, 3.05) is 12.3 Å². The van der Waals surface area contributed by atoms with Crippen LogP contribution in [0.2, 0.25) is 0 Å². The van der Waals surface area contributed by atoms with Gasteiger partial charge >= 0.3 is 0 Å². The maximum atomic E-state index is 12.6. The van der Waals surface area contributed by atoms with E-state index >= 15 is 0 Å². The number of rotatable bonds is 5. The van der Waals surface area contributed by atoms with E-state index in [0.717, 1.165) is 8.66 Å². The molecule has 0 atom stereocenters. The van der Waals surface area contributed by atoms with E-state index in [-0.39, 0.29) is 16.3 Å². The van der Waals surface area contributed by atoms with Crippen LogP contribution < -0.4 is 5.73 Å². The normalized spacial score (nSPS) is 12.0. The van der Waals surface area contributed by atoms with Gasteiger partial charge in [0.15, 0.2) is 0 Å². The van der Waals surface area contributed by atoms with E-state index in [1.54, 1.807) is 6.92 Å². The van der Waals surface area contributed by atoms with Crippen LogP contribution in [0.1, 0.15) is 11.8 Å². The van der Waals surface area contributed by atoms with E-state index in [1.807, 2.05) is 12.1 Å². The molecule has 3 N–H and O–H groups in total. The van der Waals surface area contributed by atoms with Gasteiger partial charge in [-0.3, -0.25) is 0 Å². The van der Waals surface area contributed by atoms with Crippen molar-refractivity contribution in [1.29, 1.82) is 0 Å². The Morgan fingerprint density at radius 2 is 2.05 bits per heavy atom. The van der Waals surface area contributed by atoms with E-state index < -0.39 is 10.0 Å². The summed E-state index contributed by atoms with van der Waals surface area (Å²) in [6.07, 6.45) is 0. The van der Waals surface area contributed by atoms with Crippen molar-refractivity contribution in [3.8, 4) is 5.75 Å². The highest BCUT2D eigenvalue weighted by molar-refractivity contribution is 9.11. The lowest BCUT2D eigenvalue weighted by molar-refractivity contribution is 0.426. The van der Waals surface area contributed by atoms with E-state index in [4.69, 9.17) is 5.73 Å². The van der Waals surface area contributed by atoms with Gasteiger partial charge in [-0.05, 0) is 46.3 Å². The third kappa shape index (κ3) is 3.57. The number of aromatic hydroxyl groups is 1. The largest absolute Gasteiger partial charge is 0.506 e. The van der Waals surface area contributed by atoms with Gasteiger partial charge in [0.25, 0.3) is 0 Å². The van der Waals surface area contributed by atoms with Crippen molar-refractivity contribution < 1.29 is 13.5 Å². The number of nitrogens with zero attached hydrogens (tertiary/aromatic N) is 1. The molecule has 0 spiro atoms. The summed E-state index contributed by atoms with van der Waals surface area (Å²) >= 11 is 4.86. The molecular weight excluding hydrogens is 376 g/mol. The topological polar surface area (TPSA) is 83.6 Å². The van der Waals surface area contributed by atoms with Gasteiger partial charge in [-0.25, -0.2) is 8.42 Å². The summed E-state index contributed by atoms with van der Waals surface area (Å²) in [6, 6.07) is 7.70. The molecule has 0 fully saturated rings. The predicted molar refractivity (Wildman–Crippen MR) is 87.8 cm³/mol. The zero-order valence-electron chi connectivity index (χ0n) is 11.3. The molecule has 0 aliphatic rings. The van der Waals surface area contributed by atoms with Gasteiger partial charge in [0.2, 0.25) is 10.0 Å². The van der Waals surface area contributed by atoms with Crippen LogP contribution in [0.15, 0.2) is 39.0 Å². The first-order chi connectivity index (χ1) is 9.84. The second-order valence-corrected chi connectivity index (χ2v) is 8.84. The van der Waals surface area contributed by atoms with Crippen LogP contribution in [-0.2, 0) is 16.6 Å². The van der Waals surface area contributed by atoms with Gasteiger partial charge in [0.1, 0.15) is 5.75 Å². The first kappa shape index (κ1) is 16.3. The molecule has 0 aliphatic heterocycles. The quantitative estimate of drug-likeness (QED) is 0.606. The minimum atomic E-state index is -3.65. The maximum Gasteiger partial charge on any atom is 0.243 e. The molecule has 1 aromatic heterocycles. The van der Waals surface area contributed by atoms with Crippen LogP contribution in [0, 0.1) is 0 Å². The Morgan fingerprint density at radius 3 is 2.57 bits per heavy atom. The second kappa shape index (κ2) is 6.35. The van der Waals surface area contributed by atoms with Gasteiger partial charge in [-0.1, -0.05) is 6.92 Å². The van der Waals surface area contributed by atoms with Gasteiger partial charge in [0, 0.05) is 18.0 Å². The number of nitrogens with two attached hydrogens (primary N) is 1. The molecule has 0 saturated carbocycles. The average molecular weight is 391 g/mol. The number of hydrogen-bond acceptors (Lipinski definition) is 5. The highest BCUT2D eigenvalue weighted by atomic mass is 79.9. The molecule has 1 heterocycles. The molecule has 1 aromatic carbocycles. The van der Waals surface area contributed by atoms with Gasteiger partial charge in [-0.2, -0.15) is 4.31 Å². The Morgan fingerprint density at radius 1 is 1.33 bits per heavy atom. The Labute approximate surface area is 136 Å². The molecule has 8 heteroatoms. The molecule has 0 aliphatic carbocycles. The zero-order chi connectivity index (χ0) is 15.6. The number of nitrogen functional groups attached to an aromatic ring is 1. The summed E-state index contributed by atoms with van der Waals surface area (Å²) in [7, 11) is -3.65. The molecule has 2 aromatic rings. The van der Waals surface area contributed by atoms with Crippen LogP contribution in [0.5, 0.6) is 5.75 Å². The molecule has 0 amide bonds. The van der Waals surface area contributed by atoms with Crippen LogP contribution in [0.3, 0.4) is 0 Å². The third-order valence-corrected chi connectivity index (χ3v) is 6.48. The summed E-state index contributed by atoms with van der Waals surface area (Å²) < 4.78 is 27.6. The number of benzene rings is 1. The molecular formula is C13H15BrN2O3S2. The van der Waals surface area contributed by atoms with Crippen molar-refractivity contribution in [2.45, 2.75) is 18.4 Å². The number of anilines is 1. The van der Waals surface area contributed by atoms with Gasteiger partial charge < -0.3 is 10.8 Å². The zero-order valence-corrected chi connectivity index (χ0v) is 14.5. The molecule has 0 unspecified atom stereocenters. The van der Waals surface area contributed by atoms with Crippen molar-refractivity contribution in [3.63, 3.8) is 0 Å². The van der Waals surface area contributed by atoms with Crippen molar-refractivity contribution in [2.24, 2.45) is 0 Å². The number of phenolic OH excluding ortho intramolecular Hbond substituents is 1. The fraction of sp³-hybridized carbons (Fsp3) is 0.231. The third-order valence-electron chi connectivity index (χ3n) is 2.95. The average Bonchev–Trinajstić information content (AvgIpc) is 2.84. The Kier molecular flexibility index (Phi) is 4.92. The van der Waals surface area contributed by atoms with Crippen molar-refractivity contribution in [1.82, 2.24) is 4.31 Å². The summed E-state index contributed by atoms with van der Waals surface area (Å²) in [5.41, 5.74) is 5.62. The van der Waals surface area contributed by atoms with Gasteiger partial charge in [0.05, 0.1) is 14.4 Å². The minimum Gasteiger partial charge on any atom is -0.506 e. The Bertz CT molecular complexity index is 744. The Hall–Kier alpha value is -1.09. The van der Waals surface area contributed by atoms with Crippen molar-refractivity contribution >= 4 is 43.0 Å². The molecule has 0 saturated heterocycles. The van der Waals surface area contributed by atoms with Crippen LogP contribution in [-0.4, -0.2) is 24.4 Å². The van der Waals surface area contributed by atoms with Crippen LogP contribution >= 0.6 is 27.3 Å². The second-order valence-electron chi connectivity index (χ2n) is 4.36. The van der Waals surface area contributed by atoms with Gasteiger partial charge in [-0.15, -0.1) is 11.3 Å². The number of thiophene rings is 1. The number of sulfonamides is 1. The predicted octanol–water partition coefficient (Wildman–Crippen LogP) is 3.01. The SMILES string of the molecule is CCN(Cc1ccc(Br)s1)S(=O)(=O)c1ccc(O)c(N)c1. The first-order valence-electron chi connectivity index (χ1n) is 6.17. The highest BCUT2D eigenvalue weighted by Gasteiger charge is 2.24. The molecule has 5 nitrogen and oxygen atoms in total. The lowest BCUT2D eigenvalue weighted by Gasteiger charge is -2.20. The fourth-order valence-corrected chi connectivity index (χ4v) is 4.86. The molecule has 114 valence electrons. The summed E-state index contributed by atoms with van der Waals surface area (Å²) in [5, 5.41) is 9.41. The monoisotopic (exact) mass is 390 g/mol. The smallest absolute Gasteiger partial charge is 0.243 e. The summed E-state index contributed by atoms with van der Waals surface area (Å²) in [6.45, 7) is 2.43. The summed E-state index contributed by atoms with van der Waals surface area (Å²) in [4.78, 5) is 1.02. The van der Waals surface area contributed by atoms with Crippen molar-refractivity contribution in [3.05, 3.63) is 39.0 Å². The maximum absolute atomic E-state index is 12.6. The number of phenols is 1. The molecule has 0 radical (unpaired) electrons. The van der Waals surface area contributed by atoms with Crippen LogP contribution in [0.25, 0.3) is 0 Å². The van der Waals surface area contributed by atoms with Crippen LogP contribution in [0.4, 0.5) is 5.69 Å². The molecule has 0 bridgehead atoms. The lowest BCUT2D eigenvalue weighted by Crippen LogP contribution is -2.30. The minimum absolute atomic E-state index is 0.0472. The Balaban J connectivity index is 2.32. The van der Waals surface area contributed by atoms with E-state index in [0.29, 0.717) is 13.1 Å². The number of hydrogen-bond donors (Lipinski definition) is 2. The standard InChI is InChI=1S/C13H15BrN2O3S2/c1-2-16(8-9-3-6-13(14)20-9)21(18,19)10-4-5-12(17)11(15)7-10/h3-7,17H,2,8,15H2,1H3.